The molecular weight excluding hydrogens is 256 g/mol. The maximum Gasteiger partial charge on any atom is 0.242 e. The van der Waals surface area contributed by atoms with Gasteiger partial charge in [0.15, 0.2) is 0 Å². The van der Waals surface area contributed by atoms with E-state index in [1.165, 1.54) is 0 Å². The standard InChI is InChI=1S/C9H6Cl3N3/c10-7-2-1-6(8(11)3-7)4-15-5-13-9(12)14-15/h1-3,5H,4H2. The Morgan fingerprint density at radius 3 is 2.60 bits per heavy atom. The van der Waals surface area contributed by atoms with Crippen LogP contribution in [0.2, 0.25) is 15.3 Å². The lowest BCUT2D eigenvalue weighted by Gasteiger charge is -2.03. The number of nitrogens with zero attached hydrogens (tertiary/aromatic N) is 3. The first-order valence-electron chi connectivity index (χ1n) is 4.14. The van der Waals surface area contributed by atoms with Crippen LogP contribution in [-0.2, 0) is 6.54 Å². The second-order valence-corrected chi connectivity index (χ2v) is 4.13. The Hall–Kier alpha value is -0.770. The lowest BCUT2D eigenvalue weighted by molar-refractivity contribution is 0.685. The summed E-state index contributed by atoms with van der Waals surface area (Å²) in [6.45, 7) is 0.524. The molecule has 6 heteroatoms. The predicted molar refractivity (Wildman–Crippen MR) is 60.6 cm³/mol. The number of hydrogen-bond acceptors (Lipinski definition) is 2. The minimum Gasteiger partial charge on any atom is -0.247 e. The van der Waals surface area contributed by atoms with Crippen molar-refractivity contribution in [1.29, 1.82) is 0 Å². The van der Waals surface area contributed by atoms with Crippen LogP contribution < -0.4 is 0 Å². The highest BCUT2D eigenvalue weighted by Gasteiger charge is 2.03. The molecule has 2 aromatic rings. The van der Waals surface area contributed by atoms with E-state index in [1.807, 2.05) is 6.07 Å². The van der Waals surface area contributed by atoms with Gasteiger partial charge in [-0.3, -0.25) is 0 Å². The number of benzene rings is 1. The molecule has 0 aliphatic carbocycles. The van der Waals surface area contributed by atoms with Crippen molar-refractivity contribution >= 4 is 34.8 Å². The third kappa shape index (κ3) is 2.62. The minimum atomic E-state index is 0.222. The highest BCUT2D eigenvalue weighted by atomic mass is 35.5. The SMILES string of the molecule is Clc1ccc(Cn2cnc(Cl)n2)c(Cl)c1. The van der Waals surface area contributed by atoms with Crippen molar-refractivity contribution in [2.24, 2.45) is 0 Å². The van der Waals surface area contributed by atoms with Crippen molar-refractivity contribution in [1.82, 2.24) is 14.8 Å². The van der Waals surface area contributed by atoms with Gasteiger partial charge in [0, 0.05) is 10.0 Å². The third-order valence-corrected chi connectivity index (χ3v) is 2.62. The van der Waals surface area contributed by atoms with Crippen LogP contribution in [0.3, 0.4) is 0 Å². The summed E-state index contributed by atoms with van der Waals surface area (Å²) < 4.78 is 1.61. The molecule has 1 aromatic carbocycles. The molecule has 15 heavy (non-hydrogen) atoms. The summed E-state index contributed by atoms with van der Waals surface area (Å²) >= 11 is 17.4. The van der Waals surface area contributed by atoms with E-state index in [-0.39, 0.29) is 5.28 Å². The first-order chi connectivity index (χ1) is 7.15. The number of hydrogen-bond donors (Lipinski definition) is 0. The Labute approximate surface area is 102 Å². The van der Waals surface area contributed by atoms with Crippen LogP contribution in [0.15, 0.2) is 24.5 Å². The smallest absolute Gasteiger partial charge is 0.242 e. The first-order valence-corrected chi connectivity index (χ1v) is 5.27. The van der Waals surface area contributed by atoms with Gasteiger partial charge in [0.2, 0.25) is 5.28 Å². The van der Waals surface area contributed by atoms with Gasteiger partial charge in [-0.15, -0.1) is 5.10 Å². The van der Waals surface area contributed by atoms with Crippen molar-refractivity contribution in [3.05, 3.63) is 45.4 Å². The minimum absolute atomic E-state index is 0.222. The van der Waals surface area contributed by atoms with Crippen molar-refractivity contribution in [2.75, 3.05) is 0 Å². The zero-order valence-corrected chi connectivity index (χ0v) is 9.76. The molecule has 0 aliphatic rings. The summed E-state index contributed by atoms with van der Waals surface area (Å²) in [5.41, 5.74) is 0.919. The lowest BCUT2D eigenvalue weighted by atomic mass is 10.2. The zero-order chi connectivity index (χ0) is 10.8. The maximum absolute atomic E-state index is 6.01. The van der Waals surface area contributed by atoms with Crippen LogP contribution in [0.25, 0.3) is 0 Å². The van der Waals surface area contributed by atoms with Gasteiger partial charge in [0.1, 0.15) is 6.33 Å². The third-order valence-electron chi connectivity index (χ3n) is 1.86. The van der Waals surface area contributed by atoms with E-state index < -0.39 is 0 Å². The Balaban J connectivity index is 2.24. The monoisotopic (exact) mass is 261 g/mol. The van der Waals surface area contributed by atoms with Gasteiger partial charge in [-0.1, -0.05) is 29.3 Å². The molecular formula is C9H6Cl3N3. The molecule has 0 amide bonds. The van der Waals surface area contributed by atoms with Gasteiger partial charge in [-0.25, -0.2) is 9.67 Å². The first kappa shape index (κ1) is 10.7. The molecule has 0 unspecified atom stereocenters. The summed E-state index contributed by atoms with van der Waals surface area (Å²) in [6.07, 6.45) is 1.55. The predicted octanol–water partition coefficient (Wildman–Crippen LogP) is 3.29. The van der Waals surface area contributed by atoms with Gasteiger partial charge >= 0.3 is 0 Å². The molecule has 0 aliphatic heterocycles. The van der Waals surface area contributed by atoms with E-state index in [9.17, 15) is 0 Å². The van der Waals surface area contributed by atoms with Gasteiger partial charge in [0.25, 0.3) is 0 Å². The molecule has 1 aromatic heterocycles. The number of aromatic nitrogens is 3. The largest absolute Gasteiger partial charge is 0.247 e. The molecule has 2 rings (SSSR count). The topological polar surface area (TPSA) is 30.7 Å². The van der Waals surface area contributed by atoms with Crippen LogP contribution in [0.1, 0.15) is 5.56 Å². The van der Waals surface area contributed by atoms with Crippen molar-refractivity contribution < 1.29 is 0 Å². The second-order valence-electron chi connectivity index (χ2n) is 2.95. The Kier molecular flexibility index (Phi) is 3.14. The van der Waals surface area contributed by atoms with E-state index in [0.29, 0.717) is 16.6 Å². The summed E-state index contributed by atoms with van der Waals surface area (Å²) in [5.74, 6) is 0. The van der Waals surface area contributed by atoms with Gasteiger partial charge in [0.05, 0.1) is 6.54 Å². The molecule has 1 heterocycles. The highest BCUT2D eigenvalue weighted by molar-refractivity contribution is 6.35. The Morgan fingerprint density at radius 1 is 1.20 bits per heavy atom. The second kappa shape index (κ2) is 4.39. The maximum atomic E-state index is 6.01. The van der Waals surface area contributed by atoms with E-state index in [4.69, 9.17) is 34.8 Å². The Bertz CT molecular complexity index is 481. The molecule has 0 spiro atoms. The zero-order valence-electron chi connectivity index (χ0n) is 7.49. The average Bonchev–Trinajstić information content (AvgIpc) is 2.56. The quantitative estimate of drug-likeness (QED) is 0.831. The molecule has 0 bridgehead atoms. The number of halogens is 3. The van der Waals surface area contributed by atoms with Crippen molar-refractivity contribution in [3.63, 3.8) is 0 Å². The van der Waals surface area contributed by atoms with Crippen LogP contribution in [0, 0.1) is 0 Å². The fourth-order valence-electron chi connectivity index (χ4n) is 1.17. The van der Waals surface area contributed by atoms with E-state index in [2.05, 4.69) is 10.1 Å². The average molecular weight is 263 g/mol. The molecule has 3 nitrogen and oxygen atoms in total. The molecule has 0 saturated heterocycles. The van der Waals surface area contributed by atoms with Crippen LogP contribution >= 0.6 is 34.8 Å². The van der Waals surface area contributed by atoms with E-state index in [1.54, 1.807) is 23.1 Å². The van der Waals surface area contributed by atoms with Crippen LogP contribution in [-0.4, -0.2) is 14.8 Å². The lowest BCUT2D eigenvalue weighted by Crippen LogP contribution is -2.00. The van der Waals surface area contributed by atoms with Gasteiger partial charge < -0.3 is 0 Å². The molecule has 78 valence electrons. The molecule has 0 N–H and O–H groups in total. The number of rotatable bonds is 2. The van der Waals surface area contributed by atoms with Crippen molar-refractivity contribution in [3.8, 4) is 0 Å². The molecule has 0 saturated carbocycles. The fourth-order valence-corrected chi connectivity index (χ4v) is 1.78. The summed E-state index contributed by atoms with van der Waals surface area (Å²) in [6, 6.07) is 5.32. The summed E-state index contributed by atoms with van der Waals surface area (Å²) in [7, 11) is 0. The van der Waals surface area contributed by atoms with Gasteiger partial charge in [-0.2, -0.15) is 0 Å². The van der Waals surface area contributed by atoms with E-state index >= 15 is 0 Å². The van der Waals surface area contributed by atoms with Gasteiger partial charge in [-0.05, 0) is 29.3 Å². The molecule has 0 radical (unpaired) electrons. The summed E-state index contributed by atoms with van der Waals surface area (Å²) in [4.78, 5) is 3.81. The fraction of sp³-hybridized carbons (Fsp3) is 0.111. The summed E-state index contributed by atoms with van der Waals surface area (Å²) in [5, 5.41) is 5.39. The highest BCUT2D eigenvalue weighted by Crippen LogP contribution is 2.21. The van der Waals surface area contributed by atoms with E-state index in [0.717, 1.165) is 5.56 Å². The molecule has 0 fully saturated rings. The van der Waals surface area contributed by atoms with Crippen molar-refractivity contribution in [2.45, 2.75) is 6.54 Å². The normalized spacial score (nSPS) is 10.6. The van der Waals surface area contributed by atoms with Crippen LogP contribution in [0.4, 0.5) is 0 Å². The Morgan fingerprint density at radius 2 is 2.00 bits per heavy atom. The van der Waals surface area contributed by atoms with Crippen LogP contribution in [0.5, 0.6) is 0 Å². The molecule has 0 atom stereocenters.